The van der Waals surface area contributed by atoms with Crippen molar-refractivity contribution in [3.8, 4) is 0 Å². The molecule has 0 aliphatic heterocycles. The van der Waals surface area contributed by atoms with Crippen LogP contribution < -0.4 is 10.2 Å². The Hall–Kier alpha value is -2.84. The standard InChI is InChI=1S/C58H101N2O6P/c1-6-8-10-12-14-16-18-20-22-23-24-25-26-27-28-29-30-31-32-33-34-35-36-37-38-40-42-44-46-48-50-52-58(62)59-56(55-66-67(63,64)65-54-53-60(3,4)5)57(61)51-49-47-45-43-41-39-21-19-17-15-13-11-9-7-2/h8,10,14,16,20,22,24-25,27-28,30-31,33-34,36-37,49,51,56-57,61H,6-7,9,11-13,15,17-19,21,23,26,29,32,35,38-48,50,52-55H2,1-5H3,(H-,59,62,63,64)/b10-8-,16-14-,22-20-,25-24-,28-27-,31-30-,34-33-,37-36-,51-49+. The number of allylic oxidation sites excluding steroid dienone is 17. The number of nitrogens with one attached hydrogen (secondary N) is 1. The lowest BCUT2D eigenvalue weighted by molar-refractivity contribution is -0.870. The Morgan fingerprint density at radius 1 is 0.537 bits per heavy atom. The molecule has 0 radical (unpaired) electrons. The Bertz CT molecular complexity index is 1450. The van der Waals surface area contributed by atoms with Crippen molar-refractivity contribution in [2.45, 2.75) is 212 Å². The van der Waals surface area contributed by atoms with E-state index in [0.29, 0.717) is 17.4 Å². The summed E-state index contributed by atoms with van der Waals surface area (Å²) in [6.07, 6.45) is 70.0. The first-order valence-electron chi connectivity index (χ1n) is 26.7. The minimum atomic E-state index is -4.60. The lowest BCUT2D eigenvalue weighted by atomic mass is 10.0. The van der Waals surface area contributed by atoms with Crippen molar-refractivity contribution in [2.75, 3.05) is 40.9 Å². The number of phosphoric ester groups is 1. The number of quaternary nitrogens is 1. The highest BCUT2D eigenvalue weighted by molar-refractivity contribution is 7.45. The summed E-state index contributed by atoms with van der Waals surface area (Å²) in [7, 11) is 1.23. The zero-order valence-electron chi connectivity index (χ0n) is 43.6. The van der Waals surface area contributed by atoms with Crippen LogP contribution >= 0.6 is 7.82 Å². The SMILES string of the molecule is CC/C=C\C/C=C\C/C=C\C/C=C\C/C=C\C/C=C\C/C=C\C/C=C\CCCCCCCCC(=O)NC(COP(=O)([O-])OCC[N+](C)(C)C)C(O)/C=C/CCCCCCCCCCCCCC. The molecule has 3 atom stereocenters. The summed E-state index contributed by atoms with van der Waals surface area (Å²) in [5.74, 6) is -0.217. The van der Waals surface area contributed by atoms with Crippen molar-refractivity contribution in [2.24, 2.45) is 0 Å². The van der Waals surface area contributed by atoms with Crippen LogP contribution in [-0.2, 0) is 18.4 Å². The second-order valence-corrected chi connectivity index (χ2v) is 20.3. The van der Waals surface area contributed by atoms with E-state index >= 15 is 0 Å². The van der Waals surface area contributed by atoms with Crippen molar-refractivity contribution in [3.63, 3.8) is 0 Å². The number of amides is 1. The maximum atomic E-state index is 12.9. The molecule has 1 amide bonds. The Morgan fingerprint density at radius 3 is 1.33 bits per heavy atom. The summed E-state index contributed by atoms with van der Waals surface area (Å²) in [4.78, 5) is 25.4. The molecule has 0 aromatic heterocycles. The number of likely N-dealkylation sites (N-methyl/N-ethyl adjacent to an activating group) is 1. The highest BCUT2D eigenvalue weighted by Crippen LogP contribution is 2.38. The Labute approximate surface area is 412 Å². The highest BCUT2D eigenvalue weighted by Gasteiger charge is 2.23. The van der Waals surface area contributed by atoms with Crippen LogP contribution in [0.5, 0.6) is 0 Å². The van der Waals surface area contributed by atoms with Gasteiger partial charge in [0.25, 0.3) is 7.82 Å². The molecule has 0 aromatic carbocycles. The van der Waals surface area contributed by atoms with Gasteiger partial charge in [-0.1, -0.05) is 220 Å². The van der Waals surface area contributed by atoms with Gasteiger partial charge in [0.15, 0.2) is 0 Å². The minimum absolute atomic E-state index is 0.00997. The molecule has 0 rings (SSSR count). The first-order valence-corrected chi connectivity index (χ1v) is 28.2. The molecule has 0 aliphatic carbocycles. The third kappa shape index (κ3) is 50.9. The van der Waals surface area contributed by atoms with E-state index < -0.39 is 26.6 Å². The molecule has 384 valence electrons. The number of aliphatic hydroxyl groups excluding tert-OH is 1. The van der Waals surface area contributed by atoms with Gasteiger partial charge in [-0.2, -0.15) is 0 Å². The zero-order valence-corrected chi connectivity index (χ0v) is 44.5. The summed E-state index contributed by atoms with van der Waals surface area (Å²) in [5.41, 5.74) is 0. The molecule has 0 aromatic rings. The summed E-state index contributed by atoms with van der Waals surface area (Å²) in [5, 5.41) is 13.8. The third-order valence-electron chi connectivity index (χ3n) is 11.2. The molecular weight excluding hydrogens is 852 g/mol. The number of unbranched alkanes of at least 4 members (excludes halogenated alkanes) is 18. The van der Waals surface area contributed by atoms with Crippen LogP contribution in [0.15, 0.2) is 109 Å². The molecule has 0 bridgehead atoms. The average Bonchev–Trinajstić information content (AvgIpc) is 3.29. The number of carbonyl (C=O) groups is 1. The van der Waals surface area contributed by atoms with E-state index in [4.69, 9.17) is 9.05 Å². The van der Waals surface area contributed by atoms with Gasteiger partial charge < -0.3 is 28.8 Å². The van der Waals surface area contributed by atoms with Gasteiger partial charge in [0.2, 0.25) is 5.91 Å². The third-order valence-corrected chi connectivity index (χ3v) is 12.2. The normalized spacial score (nSPS) is 14.9. The Kier molecular flexibility index (Phi) is 46.2. The predicted molar refractivity (Wildman–Crippen MR) is 288 cm³/mol. The largest absolute Gasteiger partial charge is 0.756 e. The smallest absolute Gasteiger partial charge is 0.268 e. The first kappa shape index (κ1) is 64.2. The number of hydrogen-bond donors (Lipinski definition) is 2. The second-order valence-electron chi connectivity index (χ2n) is 18.9. The van der Waals surface area contributed by atoms with Gasteiger partial charge in [0.1, 0.15) is 13.2 Å². The fraction of sp³-hybridized carbons (Fsp3) is 0.672. The van der Waals surface area contributed by atoms with E-state index in [9.17, 15) is 19.4 Å². The number of phosphoric acid groups is 1. The maximum Gasteiger partial charge on any atom is 0.268 e. The summed E-state index contributed by atoms with van der Waals surface area (Å²) < 4.78 is 23.3. The van der Waals surface area contributed by atoms with Gasteiger partial charge in [0, 0.05) is 6.42 Å². The van der Waals surface area contributed by atoms with E-state index in [1.807, 2.05) is 27.2 Å². The first-order chi connectivity index (χ1) is 32.5. The fourth-order valence-electron chi connectivity index (χ4n) is 7.05. The number of rotatable bonds is 47. The van der Waals surface area contributed by atoms with Gasteiger partial charge in [-0.25, -0.2) is 0 Å². The van der Waals surface area contributed by atoms with Crippen molar-refractivity contribution >= 4 is 13.7 Å². The highest BCUT2D eigenvalue weighted by atomic mass is 31.2. The molecule has 0 heterocycles. The number of carbonyl (C=O) groups excluding carboxylic acids is 1. The van der Waals surface area contributed by atoms with Crippen molar-refractivity contribution in [1.82, 2.24) is 5.32 Å². The molecule has 0 saturated carbocycles. The summed E-state index contributed by atoms with van der Waals surface area (Å²) >= 11 is 0. The predicted octanol–water partition coefficient (Wildman–Crippen LogP) is 15.4. The minimum Gasteiger partial charge on any atom is -0.756 e. The van der Waals surface area contributed by atoms with Crippen LogP contribution in [0, 0.1) is 0 Å². The van der Waals surface area contributed by atoms with Crippen molar-refractivity contribution in [3.05, 3.63) is 109 Å². The van der Waals surface area contributed by atoms with Crippen LogP contribution in [0.25, 0.3) is 0 Å². The Morgan fingerprint density at radius 2 is 0.910 bits per heavy atom. The lowest BCUT2D eigenvalue weighted by Crippen LogP contribution is -2.45. The molecule has 8 nitrogen and oxygen atoms in total. The van der Waals surface area contributed by atoms with Crippen LogP contribution in [-0.4, -0.2) is 68.5 Å². The van der Waals surface area contributed by atoms with E-state index in [2.05, 4.69) is 116 Å². The van der Waals surface area contributed by atoms with E-state index in [-0.39, 0.29) is 12.5 Å². The molecule has 67 heavy (non-hydrogen) atoms. The van der Waals surface area contributed by atoms with Crippen LogP contribution in [0.2, 0.25) is 0 Å². The van der Waals surface area contributed by atoms with Crippen molar-refractivity contribution < 1.29 is 32.9 Å². The molecular formula is C58H101N2O6P. The monoisotopic (exact) mass is 953 g/mol. The van der Waals surface area contributed by atoms with E-state index in [0.717, 1.165) is 109 Å². The van der Waals surface area contributed by atoms with Gasteiger partial charge in [-0.3, -0.25) is 9.36 Å². The van der Waals surface area contributed by atoms with Crippen LogP contribution in [0.1, 0.15) is 200 Å². The fourth-order valence-corrected chi connectivity index (χ4v) is 7.77. The van der Waals surface area contributed by atoms with Crippen molar-refractivity contribution in [1.29, 1.82) is 0 Å². The molecule has 9 heteroatoms. The summed E-state index contributed by atoms with van der Waals surface area (Å²) in [6.45, 7) is 4.50. The molecule has 3 unspecified atom stereocenters. The van der Waals surface area contributed by atoms with Crippen LogP contribution in [0.4, 0.5) is 0 Å². The topological polar surface area (TPSA) is 108 Å². The average molecular weight is 953 g/mol. The molecule has 0 spiro atoms. The molecule has 2 N–H and O–H groups in total. The summed E-state index contributed by atoms with van der Waals surface area (Å²) in [6, 6.07) is -0.902. The number of nitrogens with zero attached hydrogens (tertiary/aromatic N) is 1. The molecule has 0 aliphatic rings. The van der Waals surface area contributed by atoms with Crippen LogP contribution in [0.3, 0.4) is 0 Å². The molecule has 0 saturated heterocycles. The second kappa shape index (κ2) is 48.2. The number of hydrogen-bond acceptors (Lipinski definition) is 6. The maximum absolute atomic E-state index is 12.9. The van der Waals surface area contributed by atoms with Gasteiger partial charge >= 0.3 is 0 Å². The lowest BCUT2D eigenvalue weighted by Gasteiger charge is -2.29. The molecule has 0 fully saturated rings. The zero-order chi connectivity index (χ0) is 49.2. The number of aliphatic hydroxyl groups is 1. The quantitative estimate of drug-likeness (QED) is 0.0272. The van der Waals surface area contributed by atoms with Gasteiger partial charge in [-0.05, 0) is 83.5 Å². The van der Waals surface area contributed by atoms with E-state index in [1.165, 1.54) is 70.6 Å². The van der Waals surface area contributed by atoms with Gasteiger partial charge in [0.05, 0.1) is 39.9 Å². The Balaban J connectivity index is 4.28. The van der Waals surface area contributed by atoms with E-state index in [1.54, 1.807) is 6.08 Å². The van der Waals surface area contributed by atoms with Gasteiger partial charge in [-0.15, -0.1) is 0 Å².